The smallest absolute Gasteiger partial charge is 0.416 e. The molecule has 0 saturated heterocycles. The predicted octanol–water partition coefficient (Wildman–Crippen LogP) is 3.82. The Labute approximate surface area is 191 Å². The molecule has 2 heterocycles. The van der Waals surface area contributed by atoms with E-state index in [-0.39, 0.29) is 19.0 Å². The summed E-state index contributed by atoms with van der Waals surface area (Å²) in [6, 6.07) is 13.7. The van der Waals surface area contributed by atoms with E-state index in [2.05, 4.69) is 20.0 Å². The lowest BCUT2D eigenvalue weighted by molar-refractivity contribution is -0.137. The van der Waals surface area contributed by atoms with Gasteiger partial charge in [-0.2, -0.15) is 17.7 Å². The number of nitrogens with one attached hydrogen (secondary N) is 1. The molecule has 8 nitrogen and oxygen atoms in total. The number of rotatable bonds is 7. The van der Waals surface area contributed by atoms with Crippen LogP contribution >= 0.6 is 11.6 Å². The molecule has 0 bridgehead atoms. The van der Waals surface area contributed by atoms with Gasteiger partial charge in [0.25, 0.3) is 0 Å². The first kappa shape index (κ1) is 23.0. The highest BCUT2D eigenvalue weighted by Crippen LogP contribution is 2.30. The highest BCUT2D eigenvalue weighted by Gasteiger charge is 2.31. The molecule has 172 valence electrons. The maximum Gasteiger partial charge on any atom is 0.416 e. The molecule has 0 radical (unpaired) electrons. The second kappa shape index (κ2) is 8.96. The zero-order chi connectivity index (χ0) is 23.6. The van der Waals surface area contributed by atoms with Gasteiger partial charge in [0, 0.05) is 18.2 Å². The van der Waals surface area contributed by atoms with Gasteiger partial charge in [-0.1, -0.05) is 29.8 Å². The van der Waals surface area contributed by atoms with Crippen LogP contribution in [-0.2, 0) is 16.2 Å². The summed E-state index contributed by atoms with van der Waals surface area (Å²) >= 11 is 6.22. The summed E-state index contributed by atoms with van der Waals surface area (Å²) in [5.41, 5.74) is 0.00933. The molecular formula is C20H15ClF3N5O3S. The lowest BCUT2D eigenvalue weighted by Crippen LogP contribution is -2.28. The fourth-order valence-electron chi connectivity index (χ4n) is 2.91. The van der Waals surface area contributed by atoms with Gasteiger partial charge in [-0.25, -0.2) is 13.1 Å². The molecule has 0 fully saturated rings. The molecule has 2 aromatic carbocycles. The van der Waals surface area contributed by atoms with Gasteiger partial charge in [0.15, 0.2) is 11.5 Å². The van der Waals surface area contributed by atoms with Crippen molar-refractivity contribution in [2.75, 3.05) is 13.2 Å². The van der Waals surface area contributed by atoms with E-state index in [4.69, 9.17) is 16.3 Å². The largest absolute Gasteiger partial charge is 0.475 e. The molecule has 0 saturated carbocycles. The first-order chi connectivity index (χ1) is 15.6. The number of sulfonamides is 1. The zero-order valence-electron chi connectivity index (χ0n) is 16.6. The molecule has 13 heteroatoms. The number of fused-ring (bicyclic) bond motifs is 1. The minimum atomic E-state index is -4.65. The SMILES string of the molecule is O=S(=O)(NCCOc1ccc2nnc(-c3ccccc3Cl)n2n1)c1cccc(C(F)(F)F)c1. The maximum atomic E-state index is 12.8. The third-order valence-electron chi connectivity index (χ3n) is 4.47. The van der Waals surface area contributed by atoms with Crippen LogP contribution in [0.15, 0.2) is 65.6 Å². The Hall–Kier alpha value is -3.22. The number of hydrogen-bond donors (Lipinski definition) is 1. The topological polar surface area (TPSA) is 98.5 Å². The first-order valence-corrected chi connectivity index (χ1v) is 11.3. The molecule has 0 spiro atoms. The lowest BCUT2D eigenvalue weighted by Gasteiger charge is -2.11. The van der Waals surface area contributed by atoms with Crippen molar-refractivity contribution in [2.45, 2.75) is 11.1 Å². The maximum absolute atomic E-state index is 12.8. The normalized spacial score (nSPS) is 12.2. The molecule has 0 amide bonds. The molecule has 4 rings (SSSR count). The van der Waals surface area contributed by atoms with Gasteiger partial charge in [-0.05, 0) is 36.4 Å². The van der Waals surface area contributed by atoms with Crippen LogP contribution in [0.4, 0.5) is 13.2 Å². The standard InChI is InChI=1S/C20H15ClF3N5O3S/c21-16-7-2-1-6-15(16)19-27-26-17-8-9-18(28-29(17)19)32-11-10-25-33(30,31)14-5-3-4-13(12-14)20(22,23)24/h1-9,12,25H,10-11H2. The fraction of sp³-hybridized carbons (Fsp3) is 0.150. The summed E-state index contributed by atoms with van der Waals surface area (Å²) < 4.78 is 72.3. The van der Waals surface area contributed by atoms with Gasteiger partial charge in [-0.3, -0.25) is 0 Å². The highest BCUT2D eigenvalue weighted by atomic mass is 35.5. The van der Waals surface area contributed by atoms with Gasteiger partial charge in [0.05, 0.1) is 15.5 Å². The number of halogens is 4. The minimum Gasteiger partial charge on any atom is -0.475 e. The third kappa shape index (κ3) is 5.07. The van der Waals surface area contributed by atoms with Gasteiger partial charge in [-0.15, -0.1) is 15.3 Å². The Balaban J connectivity index is 1.43. The van der Waals surface area contributed by atoms with Crippen molar-refractivity contribution in [3.05, 3.63) is 71.2 Å². The summed E-state index contributed by atoms with van der Waals surface area (Å²) in [5, 5.41) is 12.9. The molecule has 1 N–H and O–H groups in total. The van der Waals surface area contributed by atoms with Gasteiger partial charge in [0.1, 0.15) is 6.61 Å². The van der Waals surface area contributed by atoms with Crippen LogP contribution in [-0.4, -0.2) is 41.4 Å². The molecule has 4 aromatic rings. The van der Waals surface area contributed by atoms with E-state index in [1.807, 2.05) is 0 Å². The predicted molar refractivity (Wildman–Crippen MR) is 113 cm³/mol. The van der Waals surface area contributed by atoms with E-state index in [9.17, 15) is 21.6 Å². The molecule has 0 aliphatic carbocycles. The summed E-state index contributed by atoms with van der Waals surface area (Å²) in [7, 11) is -4.16. The van der Waals surface area contributed by atoms with E-state index < -0.39 is 26.7 Å². The Bertz CT molecular complexity index is 1410. The number of ether oxygens (including phenoxy) is 1. The van der Waals surface area contributed by atoms with E-state index in [0.717, 1.165) is 18.2 Å². The van der Waals surface area contributed by atoms with Crippen LogP contribution < -0.4 is 9.46 Å². The molecule has 2 aromatic heterocycles. The summed E-state index contributed by atoms with van der Waals surface area (Å²) in [6.45, 7) is -0.321. The molecule has 0 aliphatic rings. The number of nitrogens with zero attached hydrogens (tertiary/aromatic N) is 4. The van der Waals surface area contributed by atoms with Crippen LogP contribution in [0.2, 0.25) is 5.02 Å². The van der Waals surface area contributed by atoms with Crippen molar-refractivity contribution in [3.8, 4) is 17.3 Å². The second-order valence-electron chi connectivity index (χ2n) is 6.72. The molecular weight excluding hydrogens is 483 g/mol. The fourth-order valence-corrected chi connectivity index (χ4v) is 4.19. The van der Waals surface area contributed by atoms with Gasteiger partial charge in [0.2, 0.25) is 15.9 Å². The van der Waals surface area contributed by atoms with E-state index in [0.29, 0.717) is 28.1 Å². The first-order valence-electron chi connectivity index (χ1n) is 9.42. The Morgan fingerprint density at radius 2 is 1.82 bits per heavy atom. The minimum absolute atomic E-state index is 0.125. The van der Waals surface area contributed by atoms with Crippen LogP contribution in [0.5, 0.6) is 5.88 Å². The lowest BCUT2D eigenvalue weighted by atomic mass is 10.2. The zero-order valence-corrected chi connectivity index (χ0v) is 18.2. The second-order valence-corrected chi connectivity index (χ2v) is 8.89. The number of aromatic nitrogens is 4. The van der Waals surface area contributed by atoms with Crippen molar-refractivity contribution < 1.29 is 26.3 Å². The van der Waals surface area contributed by atoms with E-state index in [1.54, 1.807) is 30.3 Å². The van der Waals surface area contributed by atoms with Crippen molar-refractivity contribution in [2.24, 2.45) is 0 Å². The quantitative estimate of drug-likeness (QED) is 0.390. The number of hydrogen-bond acceptors (Lipinski definition) is 6. The van der Waals surface area contributed by atoms with Crippen LogP contribution in [0.1, 0.15) is 5.56 Å². The molecule has 0 aliphatic heterocycles. The van der Waals surface area contributed by atoms with Crippen molar-refractivity contribution in [3.63, 3.8) is 0 Å². The highest BCUT2D eigenvalue weighted by molar-refractivity contribution is 7.89. The van der Waals surface area contributed by atoms with Crippen molar-refractivity contribution in [1.29, 1.82) is 0 Å². The van der Waals surface area contributed by atoms with Crippen LogP contribution in [0.25, 0.3) is 17.0 Å². The van der Waals surface area contributed by atoms with Crippen molar-refractivity contribution >= 4 is 27.3 Å². The van der Waals surface area contributed by atoms with Crippen LogP contribution in [0, 0.1) is 0 Å². The third-order valence-corrected chi connectivity index (χ3v) is 6.26. The molecule has 0 unspecified atom stereocenters. The van der Waals surface area contributed by atoms with Crippen molar-refractivity contribution in [1.82, 2.24) is 24.5 Å². The summed E-state index contributed by atoms with van der Waals surface area (Å²) in [4.78, 5) is -0.495. The summed E-state index contributed by atoms with van der Waals surface area (Å²) in [6.07, 6.45) is -4.65. The Morgan fingerprint density at radius 1 is 1.03 bits per heavy atom. The average molecular weight is 498 g/mol. The molecule has 0 atom stereocenters. The summed E-state index contributed by atoms with van der Waals surface area (Å²) in [5.74, 6) is 0.556. The van der Waals surface area contributed by atoms with E-state index in [1.165, 1.54) is 10.6 Å². The van der Waals surface area contributed by atoms with Gasteiger partial charge < -0.3 is 4.74 Å². The number of benzene rings is 2. The molecule has 33 heavy (non-hydrogen) atoms. The van der Waals surface area contributed by atoms with E-state index >= 15 is 0 Å². The van der Waals surface area contributed by atoms with Crippen LogP contribution in [0.3, 0.4) is 0 Å². The monoisotopic (exact) mass is 497 g/mol. The average Bonchev–Trinajstić information content (AvgIpc) is 3.20. The Morgan fingerprint density at radius 3 is 2.58 bits per heavy atom. The van der Waals surface area contributed by atoms with Gasteiger partial charge >= 0.3 is 6.18 Å². The Kier molecular flexibility index (Phi) is 6.23. The number of alkyl halides is 3.